The Kier molecular flexibility index (Phi) is 3.21. The van der Waals surface area contributed by atoms with Gasteiger partial charge in [-0.1, -0.05) is 18.2 Å². The average molecular weight is 257 g/mol. The number of nitrogens with one attached hydrogen (secondary N) is 1. The van der Waals surface area contributed by atoms with Gasteiger partial charge in [-0.05, 0) is 49.1 Å². The van der Waals surface area contributed by atoms with Crippen LogP contribution in [0.3, 0.4) is 0 Å². The van der Waals surface area contributed by atoms with Gasteiger partial charge in [-0.3, -0.25) is 5.41 Å². The minimum absolute atomic E-state index is 0.295. The minimum atomic E-state index is 0.295. The molecule has 1 aromatic carbocycles. The molecule has 0 atom stereocenters. The summed E-state index contributed by atoms with van der Waals surface area (Å²) in [5, 5.41) is 7.55. The first kappa shape index (κ1) is 12.5. The molecule has 2 aliphatic rings. The number of benzene rings is 1. The highest BCUT2D eigenvalue weighted by Crippen LogP contribution is 2.50. The zero-order valence-corrected chi connectivity index (χ0v) is 11.5. The molecule has 1 aliphatic carbocycles. The fraction of sp³-hybridized carbons (Fsp3) is 0.562. The Labute approximate surface area is 115 Å². The Morgan fingerprint density at radius 1 is 1.26 bits per heavy atom. The lowest BCUT2D eigenvalue weighted by Gasteiger charge is -2.29. The summed E-state index contributed by atoms with van der Waals surface area (Å²) in [6.45, 7) is 2.22. The molecule has 0 unspecified atom stereocenters. The number of nitrogens with two attached hydrogens (primary N) is 1. The molecular weight excluding hydrogens is 234 g/mol. The standard InChI is InChI=1S/C16H23N3/c17-15(18)11-16(8-9-16)12-19-10-4-3-6-13-5-1-2-7-14(13)19/h1-2,5,7H,3-4,6,8-12H2,(H3,17,18). The molecule has 3 nitrogen and oxygen atoms in total. The quantitative estimate of drug-likeness (QED) is 0.643. The van der Waals surface area contributed by atoms with Gasteiger partial charge in [0.05, 0.1) is 5.84 Å². The van der Waals surface area contributed by atoms with Crippen LogP contribution in [0.25, 0.3) is 0 Å². The van der Waals surface area contributed by atoms with E-state index >= 15 is 0 Å². The molecule has 3 heteroatoms. The topological polar surface area (TPSA) is 53.1 Å². The van der Waals surface area contributed by atoms with E-state index in [1.165, 1.54) is 43.4 Å². The first-order chi connectivity index (χ1) is 9.19. The van der Waals surface area contributed by atoms with Gasteiger partial charge >= 0.3 is 0 Å². The summed E-state index contributed by atoms with van der Waals surface area (Å²) >= 11 is 0. The van der Waals surface area contributed by atoms with Crippen LogP contribution in [-0.4, -0.2) is 18.9 Å². The zero-order chi connectivity index (χ0) is 13.3. The van der Waals surface area contributed by atoms with Crippen molar-refractivity contribution >= 4 is 11.5 Å². The van der Waals surface area contributed by atoms with E-state index in [0.717, 1.165) is 19.5 Å². The molecule has 0 spiro atoms. The predicted molar refractivity (Wildman–Crippen MR) is 79.8 cm³/mol. The van der Waals surface area contributed by atoms with Crippen LogP contribution >= 0.6 is 0 Å². The lowest BCUT2D eigenvalue weighted by atomic mass is 10.00. The number of rotatable bonds is 4. The third kappa shape index (κ3) is 2.75. The average Bonchev–Trinajstić information content (AvgIpc) is 3.14. The highest BCUT2D eigenvalue weighted by atomic mass is 15.1. The highest BCUT2D eigenvalue weighted by molar-refractivity contribution is 5.78. The lowest BCUT2D eigenvalue weighted by molar-refractivity contribution is 0.511. The Balaban J connectivity index is 1.79. The van der Waals surface area contributed by atoms with Crippen LogP contribution in [0.5, 0.6) is 0 Å². The molecule has 0 amide bonds. The molecule has 1 fully saturated rings. The van der Waals surface area contributed by atoms with Crippen molar-refractivity contribution in [2.24, 2.45) is 11.1 Å². The molecule has 0 saturated heterocycles. The molecule has 102 valence electrons. The monoisotopic (exact) mass is 257 g/mol. The van der Waals surface area contributed by atoms with Crippen molar-refractivity contribution in [1.29, 1.82) is 5.41 Å². The summed E-state index contributed by atoms with van der Waals surface area (Å²) in [7, 11) is 0. The van der Waals surface area contributed by atoms with Gasteiger partial charge in [-0.15, -0.1) is 0 Å². The molecule has 0 radical (unpaired) electrons. The summed E-state index contributed by atoms with van der Waals surface area (Å²) in [6, 6.07) is 8.80. The smallest absolute Gasteiger partial charge is 0.0911 e. The molecule has 1 aromatic rings. The van der Waals surface area contributed by atoms with Crippen LogP contribution in [-0.2, 0) is 6.42 Å². The van der Waals surface area contributed by atoms with Gasteiger partial charge in [0.25, 0.3) is 0 Å². The first-order valence-corrected chi connectivity index (χ1v) is 7.34. The predicted octanol–water partition coefficient (Wildman–Crippen LogP) is 2.94. The number of anilines is 1. The van der Waals surface area contributed by atoms with Crippen molar-refractivity contribution < 1.29 is 0 Å². The van der Waals surface area contributed by atoms with E-state index in [1.807, 2.05) is 0 Å². The summed E-state index contributed by atoms with van der Waals surface area (Å²) in [5.74, 6) is 0.348. The molecule has 0 aromatic heterocycles. The van der Waals surface area contributed by atoms with Crippen LogP contribution < -0.4 is 10.6 Å². The second-order valence-electron chi connectivity index (χ2n) is 6.21. The Hall–Kier alpha value is -1.51. The van der Waals surface area contributed by atoms with Crippen molar-refractivity contribution in [1.82, 2.24) is 0 Å². The normalized spacial score (nSPS) is 20.5. The van der Waals surface area contributed by atoms with Crippen LogP contribution in [0, 0.1) is 10.8 Å². The number of amidine groups is 1. The highest BCUT2D eigenvalue weighted by Gasteiger charge is 2.44. The Morgan fingerprint density at radius 3 is 2.79 bits per heavy atom. The van der Waals surface area contributed by atoms with Gasteiger partial charge in [0.15, 0.2) is 0 Å². The number of nitrogens with zero attached hydrogens (tertiary/aromatic N) is 1. The second-order valence-corrected chi connectivity index (χ2v) is 6.21. The maximum atomic E-state index is 7.55. The molecule has 1 heterocycles. The summed E-state index contributed by atoms with van der Waals surface area (Å²) in [6.07, 6.45) is 6.98. The minimum Gasteiger partial charge on any atom is -0.388 e. The Bertz CT molecular complexity index is 477. The molecule has 19 heavy (non-hydrogen) atoms. The van der Waals surface area contributed by atoms with Crippen molar-refractivity contribution in [2.75, 3.05) is 18.0 Å². The van der Waals surface area contributed by atoms with Crippen molar-refractivity contribution in [2.45, 2.75) is 38.5 Å². The number of hydrogen-bond donors (Lipinski definition) is 2. The maximum Gasteiger partial charge on any atom is 0.0911 e. The van der Waals surface area contributed by atoms with Crippen molar-refractivity contribution in [3.8, 4) is 0 Å². The van der Waals surface area contributed by atoms with E-state index < -0.39 is 0 Å². The summed E-state index contributed by atoms with van der Waals surface area (Å²) in [5.41, 5.74) is 8.81. The van der Waals surface area contributed by atoms with E-state index in [-0.39, 0.29) is 0 Å². The largest absolute Gasteiger partial charge is 0.388 e. The molecule has 0 bridgehead atoms. The third-order valence-electron chi connectivity index (χ3n) is 4.51. The second kappa shape index (κ2) is 4.87. The number of aryl methyl sites for hydroxylation is 1. The molecular formula is C16H23N3. The van der Waals surface area contributed by atoms with Crippen LogP contribution in [0.1, 0.15) is 37.7 Å². The van der Waals surface area contributed by atoms with E-state index in [1.54, 1.807) is 0 Å². The lowest BCUT2D eigenvalue weighted by Crippen LogP contribution is -2.33. The fourth-order valence-electron chi connectivity index (χ4n) is 3.31. The van der Waals surface area contributed by atoms with Crippen LogP contribution in [0.2, 0.25) is 0 Å². The van der Waals surface area contributed by atoms with Crippen molar-refractivity contribution in [3.05, 3.63) is 29.8 Å². The fourth-order valence-corrected chi connectivity index (χ4v) is 3.31. The molecule has 1 aliphatic heterocycles. The molecule has 1 saturated carbocycles. The number of fused-ring (bicyclic) bond motifs is 1. The van der Waals surface area contributed by atoms with E-state index in [2.05, 4.69) is 29.2 Å². The first-order valence-electron chi connectivity index (χ1n) is 7.34. The Morgan fingerprint density at radius 2 is 2.05 bits per heavy atom. The van der Waals surface area contributed by atoms with E-state index in [0.29, 0.717) is 11.3 Å². The van der Waals surface area contributed by atoms with Gasteiger partial charge in [-0.25, -0.2) is 0 Å². The van der Waals surface area contributed by atoms with Crippen molar-refractivity contribution in [3.63, 3.8) is 0 Å². The van der Waals surface area contributed by atoms with Gasteiger partial charge in [0.2, 0.25) is 0 Å². The van der Waals surface area contributed by atoms with Crippen LogP contribution in [0.4, 0.5) is 5.69 Å². The van der Waals surface area contributed by atoms with Gasteiger partial charge in [-0.2, -0.15) is 0 Å². The van der Waals surface area contributed by atoms with Gasteiger partial charge in [0, 0.05) is 25.2 Å². The van der Waals surface area contributed by atoms with Gasteiger partial charge in [0.1, 0.15) is 0 Å². The van der Waals surface area contributed by atoms with Gasteiger partial charge < -0.3 is 10.6 Å². The number of hydrogen-bond acceptors (Lipinski definition) is 2. The summed E-state index contributed by atoms with van der Waals surface area (Å²) in [4.78, 5) is 2.54. The maximum absolute atomic E-state index is 7.55. The number of para-hydroxylation sites is 1. The summed E-state index contributed by atoms with van der Waals surface area (Å²) < 4.78 is 0. The third-order valence-corrected chi connectivity index (χ3v) is 4.51. The van der Waals surface area contributed by atoms with E-state index in [9.17, 15) is 0 Å². The SMILES string of the molecule is N=C(N)CC1(CN2CCCCc3ccccc32)CC1. The zero-order valence-electron chi connectivity index (χ0n) is 11.5. The molecule has 3 rings (SSSR count). The van der Waals surface area contributed by atoms with E-state index in [4.69, 9.17) is 11.1 Å². The van der Waals surface area contributed by atoms with Crippen LogP contribution in [0.15, 0.2) is 24.3 Å². The molecule has 3 N–H and O–H groups in total.